The number of H-pyrrole nitrogens is 1. The van der Waals surface area contributed by atoms with Gasteiger partial charge in [0.05, 0.1) is 29.1 Å². The van der Waals surface area contributed by atoms with Gasteiger partial charge in [0.15, 0.2) is 5.58 Å². The highest BCUT2D eigenvalue weighted by atomic mass is 16.4. The molecule has 1 N–H and O–H groups in total. The summed E-state index contributed by atoms with van der Waals surface area (Å²) in [7, 11) is 0. The standard InChI is InChI=1S/C25H26N4O3/c1-16-13-28(22-7-3-6-21-24(22)32-25(30)27-21)14-17(2)29(16)10-4-5-19-15-31-23-9-8-18(12-26)11-20(19)23/h3,6-9,11,15-17H,4-5,10,13-14H2,1-2H3,(H,27,30)/t16-,17+. The van der Waals surface area contributed by atoms with Gasteiger partial charge in [0.25, 0.3) is 0 Å². The largest absolute Gasteiger partial charge is 0.464 e. The minimum Gasteiger partial charge on any atom is -0.464 e. The first-order chi connectivity index (χ1) is 15.5. The van der Waals surface area contributed by atoms with E-state index in [1.807, 2.05) is 36.6 Å². The highest BCUT2D eigenvalue weighted by molar-refractivity contribution is 5.86. The molecule has 0 unspecified atom stereocenters. The average molecular weight is 431 g/mol. The van der Waals surface area contributed by atoms with Gasteiger partial charge >= 0.3 is 5.76 Å². The lowest BCUT2D eigenvalue weighted by atomic mass is 10.0. The van der Waals surface area contributed by atoms with Gasteiger partial charge in [-0.3, -0.25) is 9.88 Å². The van der Waals surface area contributed by atoms with Crippen LogP contribution in [-0.2, 0) is 6.42 Å². The van der Waals surface area contributed by atoms with Crippen molar-refractivity contribution in [2.24, 2.45) is 0 Å². The van der Waals surface area contributed by atoms with Gasteiger partial charge in [-0.05, 0) is 69.1 Å². The summed E-state index contributed by atoms with van der Waals surface area (Å²) in [6, 6.07) is 14.4. The zero-order valence-electron chi connectivity index (χ0n) is 18.3. The van der Waals surface area contributed by atoms with Gasteiger partial charge in [0, 0.05) is 30.6 Å². The van der Waals surface area contributed by atoms with Crippen LogP contribution in [0, 0.1) is 11.3 Å². The van der Waals surface area contributed by atoms with E-state index in [0.29, 0.717) is 23.2 Å². The zero-order chi connectivity index (χ0) is 22.2. The number of nitrogens with one attached hydrogen (secondary N) is 1. The van der Waals surface area contributed by atoms with Gasteiger partial charge < -0.3 is 13.7 Å². The third kappa shape index (κ3) is 3.67. The number of aromatic nitrogens is 1. The Morgan fingerprint density at radius 2 is 2.00 bits per heavy atom. The van der Waals surface area contributed by atoms with E-state index in [0.717, 1.165) is 60.2 Å². The lowest BCUT2D eigenvalue weighted by Crippen LogP contribution is -2.57. The molecular weight excluding hydrogens is 404 g/mol. The van der Waals surface area contributed by atoms with Crippen LogP contribution in [0.25, 0.3) is 22.1 Å². The summed E-state index contributed by atoms with van der Waals surface area (Å²) < 4.78 is 11.1. The Labute approximate surface area is 185 Å². The van der Waals surface area contributed by atoms with Crippen molar-refractivity contribution in [2.75, 3.05) is 24.5 Å². The van der Waals surface area contributed by atoms with Gasteiger partial charge in [0.2, 0.25) is 0 Å². The Bertz CT molecular complexity index is 1350. The van der Waals surface area contributed by atoms with Gasteiger partial charge in [0.1, 0.15) is 5.58 Å². The van der Waals surface area contributed by atoms with Crippen LogP contribution in [0.1, 0.15) is 31.4 Å². The molecule has 0 spiro atoms. The number of piperazine rings is 1. The summed E-state index contributed by atoms with van der Waals surface area (Å²) in [5, 5.41) is 10.2. The summed E-state index contributed by atoms with van der Waals surface area (Å²) in [4.78, 5) is 19.3. The molecule has 0 amide bonds. The molecule has 1 aliphatic heterocycles. The molecule has 2 aromatic heterocycles. The molecule has 32 heavy (non-hydrogen) atoms. The minimum absolute atomic E-state index is 0.367. The van der Waals surface area contributed by atoms with Crippen molar-refractivity contribution >= 4 is 27.8 Å². The van der Waals surface area contributed by atoms with Crippen molar-refractivity contribution in [1.29, 1.82) is 5.26 Å². The van der Waals surface area contributed by atoms with Crippen molar-refractivity contribution in [1.82, 2.24) is 9.88 Å². The van der Waals surface area contributed by atoms with E-state index in [9.17, 15) is 10.1 Å². The molecule has 4 aromatic rings. The number of para-hydroxylation sites is 1. The van der Waals surface area contributed by atoms with E-state index in [2.05, 4.69) is 34.7 Å². The van der Waals surface area contributed by atoms with Crippen LogP contribution in [0.3, 0.4) is 0 Å². The van der Waals surface area contributed by atoms with Crippen LogP contribution in [0.2, 0.25) is 0 Å². The predicted molar refractivity (Wildman–Crippen MR) is 124 cm³/mol. The number of rotatable bonds is 5. The maximum atomic E-state index is 11.7. The second-order valence-electron chi connectivity index (χ2n) is 8.70. The van der Waals surface area contributed by atoms with Gasteiger partial charge in [-0.15, -0.1) is 0 Å². The molecule has 7 nitrogen and oxygen atoms in total. The third-order valence-electron chi connectivity index (χ3n) is 6.51. The normalized spacial score (nSPS) is 19.6. The Balaban J connectivity index is 1.26. The fourth-order valence-corrected chi connectivity index (χ4v) is 5.00. The summed E-state index contributed by atoms with van der Waals surface area (Å²) in [5.74, 6) is -0.416. The Morgan fingerprint density at radius 1 is 1.19 bits per heavy atom. The molecule has 0 bridgehead atoms. The number of anilines is 1. The number of nitriles is 1. The van der Waals surface area contributed by atoms with E-state index in [4.69, 9.17) is 8.83 Å². The maximum Gasteiger partial charge on any atom is 0.417 e. The van der Waals surface area contributed by atoms with Crippen LogP contribution in [-0.4, -0.2) is 41.6 Å². The van der Waals surface area contributed by atoms with Crippen LogP contribution in [0.4, 0.5) is 5.69 Å². The predicted octanol–water partition coefficient (Wildman–Crippen LogP) is 4.27. The number of benzene rings is 2. The second kappa shape index (κ2) is 8.21. The first kappa shape index (κ1) is 20.4. The highest BCUT2D eigenvalue weighted by Crippen LogP contribution is 2.29. The van der Waals surface area contributed by atoms with E-state index in [1.165, 1.54) is 0 Å². The number of hydrogen-bond acceptors (Lipinski definition) is 6. The molecule has 2 aromatic carbocycles. The number of fused-ring (bicyclic) bond motifs is 2. The smallest absolute Gasteiger partial charge is 0.417 e. The molecule has 0 aliphatic carbocycles. The summed E-state index contributed by atoms with van der Waals surface area (Å²) >= 11 is 0. The van der Waals surface area contributed by atoms with E-state index < -0.39 is 5.76 Å². The molecule has 3 heterocycles. The summed E-state index contributed by atoms with van der Waals surface area (Å²) in [6.45, 7) is 7.24. The molecule has 2 atom stereocenters. The number of hydrogen-bond donors (Lipinski definition) is 1. The van der Waals surface area contributed by atoms with E-state index in [-0.39, 0.29) is 0 Å². The Morgan fingerprint density at radius 3 is 2.78 bits per heavy atom. The Kier molecular flexibility index (Phi) is 5.24. The van der Waals surface area contributed by atoms with Crippen molar-refractivity contribution < 1.29 is 8.83 Å². The number of aryl methyl sites for hydroxylation is 1. The SMILES string of the molecule is C[C@@H]1CN(c2cccc3[nH]c(=O)oc23)C[C@H](C)N1CCCc1coc2ccc(C#N)cc12. The average Bonchev–Trinajstić information content (AvgIpc) is 3.37. The number of furan rings is 1. The topological polar surface area (TPSA) is 89.4 Å². The van der Waals surface area contributed by atoms with E-state index in [1.54, 1.807) is 6.07 Å². The fraction of sp³-hybridized carbons (Fsp3) is 0.360. The Hall–Kier alpha value is -3.50. The summed E-state index contributed by atoms with van der Waals surface area (Å²) in [5.41, 5.74) is 4.99. The lowest BCUT2D eigenvalue weighted by molar-refractivity contribution is 0.130. The molecular formula is C25H26N4O3. The molecule has 0 saturated carbocycles. The monoisotopic (exact) mass is 430 g/mol. The minimum atomic E-state index is -0.416. The first-order valence-electron chi connectivity index (χ1n) is 11.1. The number of aromatic amines is 1. The summed E-state index contributed by atoms with van der Waals surface area (Å²) in [6.07, 6.45) is 3.75. The van der Waals surface area contributed by atoms with Crippen LogP contribution < -0.4 is 10.7 Å². The van der Waals surface area contributed by atoms with Crippen molar-refractivity contribution in [3.8, 4) is 6.07 Å². The second-order valence-corrected chi connectivity index (χ2v) is 8.70. The quantitative estimate of drug-likeness (QED) is 0.509. The van der Waals surface area contributed by atoms with E-state index >= 15 is 0 Å². The molecule has 0 radical (unpaired) electrons. The lowest BCUT2D eigenvalue weighted by Gasteiger charge is -2.45. The maximum absolute atomic E-state index is 11.7. The molecule has 164 valence electrons. The van der Waals surface area contributed by atoms with Crippen molar-refractivity contribution in [2.45, 2.75) is 38.8 Å². The molecule has 7 heteroatoms. The number of oxazole rings is 1. The van der Waals surface area contributed by atoms with Gasteiger partial charge in [-0.1, -0.05) is 6.07 Å². The molecule has 5 rings (SSSR count). The third-order valence-corrected chi connectivity index (χ3v) is 6.51. The van der Waals surface area contributed by atoms with Crippen LogP contribution >= 0.6 is 0 Å². The van der Waals surface area contributed by atoms with Gasteiger partial charge in [-0.25, -0.2) is 4.79 Å². The van der Waals surface area contributed by atoms with Crippen LogP contribution in [0.15, 0.2) is 56.3 Å². The fourth-order valence-electron chi connectivity index (χ4n) is 5.00. The molecule has 1 aliphatic rings. The van der Waals surface area contributed by atoms with Gasteiger partial charge in [-0.2, -0.15) is 5.26 Å². The van der Waals surface area contributed by atoms with Crippen molar-refractivity contribution in [3.05, 3.63) is 64.3 Å². The van der Waals surface area contributed by atoms with Crippen molar-refractivity contribution in [3.63, 3.8) is 0 Å². The highest BCUT2D eigenvalue weighted by Gasteiger charge is 2.30. The molecule has 1 fully saturated rings. The zero-order valence-corrected chi connectivity index (χ0v) is 18.3. The number of nitrogens with zero attached hydrogens (tertiary/aromatic N) is 3. The van der Waals surface area contributed by atoms with Crippen LogP contribution in [0.5, 0.6) is 0 Å². The first-order valence-corrected chi connectivity index (χ1v) is 11.1. The molecule has 1 saturated heterocycles.